The highest BCUT2D eigenvalue weighted by atomic mass is 79.9. The van der Waals surface area contributed by atoms with Crippen molar-refractivity contribution in [1.29, 1.82) is 0 Å². The summed E-state index contributed by atoms with van der Waals surface area (Å²) in [4.78, 5) is 1.05. The van der Waals surface area contributed by atoms with Gasteiger partial charge in [-0.1, -0.05) is 6.07 Å². The van der Waals surface area contributed by atoms with Gasteiger partial charge in [0.25, 0.3) is 0 Å². The number of nitrogens with one attached hydrogen (secondary N) is 1. The average molecular weight is 318 g/mol. The van der Waals surface area contributed by atoms with Crippen molar-refractivity contribution in [2.45, 2.75) is 6.04 Å². The SMILES string of the molecule is CNC(c1ccc(F)c(F)c1)c1cc(Br)cs1. The Morgan fingerprint density at radius 3 is 2.53 bits per heavy atom. The maximum absolute atomic E-state index is 13.2. The molecule has 0 bridgehead atoms. The van der Waals surface area contributed by atoms with Crippen molar-refractivity contribution in [3.8, 4) is 0 Å². The van der Waals surface area contributed by atoms with Gasteiger partial charge in [-0.05, 0) is 46.7 Å². The first kappa shape index (κ1) is 12.7. The van der Waals surface area contributed by atoms with Crippen LogP contribution in [0.1, 0.15) is 16.5 Å². The molecular formula is C12H10BrF2NS. The van der Waals surface area contributed by atoms with Gasteiger partial charge in [0.05, 0.1) is 6.04 Å². The smallest absolute Gasteiger partial charge is 0.159 e. The van der Waals surface area contributed by atoms with Crippen molar-refractivity contribution < 1.29 is 8.78 Å². The molecular weight excluding hydrogens is 308 g/mol. The predicted molar refractivity (Wildman–Crippen MR) is 69.3 cm³/mol. The second-order valence-corrected chi connectivity index (χ2v) is 5.42. The van der Waals surface area contributed by atoms with E-state index in [0.29, 0.717) is 5.56 Å². The predicted octanol–water partition coefficient (Wildman–Crippen LogP) is 4.10. The molecule has 0 aliphatic heterocycles. The largest absolute Gasteiger partial charge is 0.309 e. The molecule has 1 nitrogen and oxygen atoms in total. The maximum atomic E-state index is 13.2. The van der Waals surface area contributed by atoms with E-state index in [2.05, 4.69) is 21.2 Å². The minimum absolute atomic E-state index is 0.124. The van der Waals surface area contributed by atoms with Crippen LogP contribution in [0.25, 0.3) is 0 Å². The van der Waals surface area contributed by atoms with Crippen LogP contribution in [0.2, 0.25) is 0 Å². The Kier molecular flexibility index (Phi) is 3.91. The zero-order chi connectivity index (χ0) is 12.4. The van der Waals surface area contributed by atoms with Crippen molar-refractivity contribution in [3.63, 3.8) is 0 Å². The molecule has 0 aliphatic carbocycles. The number of hydrogen-bond donors (Lipinski definition) is 1. The van der Waals surface area contributed by atoms with Gasteiger partial charge in [-0.25, -0.2) is 8.78 Å². The molecule has 2 rings (SSSR count). The van der Waals surface area contributed by atoms with Gasteiger partial charge in [-0.15, -0.1) is 11.3 Å². The monoisotopic (exact) mass is 317 g/mol. The summed E-state index contributed by atoms with van der Waals surface area (Å²) in [6, 6.07) is 5.81. The van der Waals surface area contributed by atoms with Crippen LogP contribution in [0.3, 0.4) is 0 Å². The number of hydrogen-bond acceptors (Lipinski definition) is 2. The van der Waals surface area contributed by atoms with E-state index in [0.717, 1.165) is 15.4 Å². The van der Waals surface area contributed by atoms with Crippen LogP contribution in [0.15, 0.2) is 34.1 Å². The summed E-state index contributed by atoms with van der Waals surface area (Å²) >= 11 is 4.94. The normalized spacial score (nSPS) is 12.7. The third kappa shape index (κ3) is 2.73. The zero-order valence-corrected chi connectivity index (χ0v) is 11.4. The van der Waals surface area contributed by atoms with Gasteiger partial charge in [0.15, 0.2) is 11.6 Å². The number of benzene rings is 1. The van der Waals surface area contributed by atoms with Crippen LogP contribution in [-0.2, 0) is 0 Å². The summed E-state index contributed by atoms with van der Waals surface area (Å²) < 4.78 is 27.0. The molecule has 1 heterocycles. The second-order valence-electron chi connectivity index (χ2n) is 3.56. The third-order valence-corrected chi connectivity index (χ3v) is 4.20. The molecule has 0 spiro atoms. The van der Waals surface area contributed by atoms with Crippen LogP contribution in [0.5, 0.6) is 0 Å². The van der Waals surface area contributed by atoms with E-state index >= 15 is 0 Å². The number of thiophene rings is 1. The van der Waals surface area contributed by atoms with E-state index in [1.165, 1.54) is 6.07 Å². The van der Waals surface area contributed by atoms with Crippen molar-refractivity contribution >= 4 is 27.3 Å². The first-order valence-corrected chi connectivity index (χ1v) is 6.65. The molecule has 0 saturated heterocycles. The minimum atomic E-state index is -0.823. The Morgan fingerprint density at radius 1 is 1.24 bits per heavy atom. The van der Waals surface area contributed by atoms with E-state index in [4.69, 9.17) is 0 Å². The van der Waals surface area contributed by atoms with E-state index in [1.54, 1.807) is 24.5 Å². The molecule has 2 aromatic rings. The Balaban J connectivity index is 2.38. The van der Waals surface area contributed by atoms with Crippen LogP contribution in [-0.4, -0.2) is 7.05 Å². The summed E-state index contributed by atoms with van der Waals surface area (Å²) in [5.41, 5.74) is 0.709. The summed E-state index contributed by atoms with van der Waals surface area (Å²) in [6.07, 6.45) is 0. The van der Waals surface area contributed by atoms with Gasteiger partial charge < -0.3 is 5.32 Å². The molecule has 0 amide bonds. The third-order valence-electron chi connectivity index (χ3n) is 2.44. The van der Waals surface area contributed by atoms with Crippen LogP contribution in [0, 0.1) is 11.6 Å². The molecule has 1 atom stereocenters. The first-order chi connectivity index (χ1) is 8.11. The summed E-state index contributed by atoms with van der Waals surface area (Å²) in [5, 5.41) is 5.05. The molecule has 17 heavy (non-hydrogen) atoms. The second kappa shape index (κ2) is 5.25. The van der Waals surface area contributed by atoms with Crippen LogP contribution in [0.4, 0.5) is 8.78 Å². The average Bonchev–Trinajstić information content (AvgIpc) is 2.71. The molecule has 1 unspecified atom stereocenters. The highest BCUT2D eigenvalue weighted by Crippen LogP contribution is 2.30. The van der Waals surface area contributed by atoms with Crippen molar-refractivity contribution in [2.24, 2.45) is 0 Å². The van der Waals surface area contributed by atoms with Gasteiger partial charge in [-0.2, -0.15) is 0 Å². The molecule has 0 aliphatic rings. The highest BCUT2D eigenvalue weighted by molar-refractivity contribution is 9.10. The van der Waals surface area contributed by atoms with Gasteiger partial charge >= 0.3 is 0 Å². The minimum Gasteiger partial charge on any atom is -0.309 e. The van der Waals surface area contributed by atoms with Gasteiger partial charge in [0.1, 0.15) is 0 Å². The van der Waals surface area contributed by atoms with E-state index < -0.39 is 11.6 Å². The van der Waals surface area contributed by atoms with Crippen molar-refractivity contribution in [3.05, 3.63) is 56.2 Å². The standard InChI is InChI=1S/C12H10BrF2NS/c1-16-12(11-5-8(13)6-17-11)7-2-3-9(14)10(15)4-7/h2-6,12,16H,1H3. The van der Waals surface area contributed by atoms with Crippen molar-refractivity contribution in [2.75, 3.05) is 7.05 Å². The highest BCUT2D eigenvalue weighted by Gasteiger charge is 2.15. The van der Waals surface area contributed by atoms with Crippen LogP contribution >= 0.6 is 27.3 Å². The molecule has 90 valence electrons. The lowest BCUT2D eigenvalue weighted by Gasteiger charge is -2.15. The zero-order valence-electron chi connectivity index (χ0n) is 9.01. The topological polar surface area (TPSA) is 12.0 Å². The lowest BCUT2D eigenvalue weighted by molar-refractivity contribution is 0.505. The lowest BCUT2D eigenvalue weighted by Crippen LogP contribution is -2.16. The Morgan fingerprint density at radius 2 is 2.00 bits per heavy atom. The van der Waals surface area contributed by atoms with Gasteiger partial charge in [0, 0.05) is 14.7 Å². The number of halogens is 3. The lowest BCUT2D eigenvalue weighted by atomic mass is 10.1. The van der Waals surface area contributed by atoms with Gasteiger partial charge in [0.2, 0.25) is 0 Å². The Labute approximate surface area is 111 Å². The molecule has 0 saturated carbocycles. The van der Waals surface area contributed by atoms with E-state index in [9.17, 15) is 8.78 Å². The fourth-order valence-electron chi connectivity index (χ4n) is 1.64. The molecule has 5 heteroatoms. The maximum Gasteiger partial charge on any atom is 0.159 e. The Hall–Kier alpha value is -0.780. The molecule has 1 aromatic heterocycles. The van der Waals surface area contributed by atoms with Crippen LogP contribution < -0.4 is 5.32 Å². The Bertz CT molecular complexity index is 527. The fraction of sp³-hybridized carbons (Fsp3) is 0.167. The first-order valence-electron chi connectivity index (χ1n) is 4.98. The van der Waals surface area contributed by atoms with E-state index in [1.807, 2.05) is 11.4 Å². The summed E-state index contributed by atoms with van der Waals surface area (Å²) in [5.74, 6) is -1.64. The van der Waals surface area contributed by atoms with Crippen molar-refractivity contribution in [1.82, 2.24) is 5.32 Å². The number of rotatable bonds is 3. The molecule has 0 fully saturated rings. The molecule has 0 radical (unpaired) electrons. The molecule has 1 N–H and O–H groups in total. The fourth-order valence-corrected chi connectivity index (χ4v) is 3.23. The summed E-state index contributed by atoms with van der Waals surface area (Å²) in [6.45, 7) is 0. The summed E-state index contributed by atoms with van der Waals surface area (Å²) in [7, 11) is 1.79. The molecule has 1 aromatic carbocycles. The van der Waals surface area contributed by atoms with Gasteiger partial charge in [-0.3, -0.25) is 0 Å². The quantitative estimate of drug-likeness (QED) is 0.898. The van der Waals surface area contributed by atoms with E-state index in [-0.39, 0.29) is 6.04 Å².